The van der Waals surface area contributed by atoms with Gasteiger partial charge >= 0.3 is 0 Å². The molecule has 0 atom stereocenters. The Hall–Kier alpha value is -2.89. The van der Waals surface area contributed by atoms with Crippen LogP contribution in [-0.4, -0.2) is 15.0 Å². The summed E-state index contributed by atoms with van der Waals surface area (Å²) in [5, 5.41) is 3.05. The number of anilines is 1. The second-order valence-corrected chi connectivity index (χ2v) is 4.71. The molecule has 0 fully saturated rings. The molecular weight excluding hydrogens is 280 g/mol. The van der Waals surface area contributed by atoms with Gasteiger partial charge in [0.25, 0.3) is 0 Å². The van der Waals surface area contributed by atoms with Crippen molar-refractivity contribution < 1.29 is 9.15 Å². The first-order valence-corrected chi connectivity index (χ1v) is 6.94. The van der Waals surface area contributed by atoms with Crippen molar-refractivity contribution in [2.75, 3.05) is 5.32 Å². The predicted octanol–water partition coefficient (Wildman–Crippen LogP) is 2.96. The molecule has 3 aromatic rings. The molecule has 0 aliphatic rings. The minimum absolute atomic E-state index is 0.427. The van der Waals surface area contributed by atoms with Gasteiger partial charge in [-0.3, -0.25) is 0 Å². The van der Waals surface area contributed by atoms with Crippen molar-refractivity contribution in [2.45, 2.75) is 20.1 Å². The number of nitrogens with one attached hydrogen (secondary N) is 1. The van der Waals surface area contributed by atoms with Crippen LogP contribution in [0.4, 0.5) is 5.95 Å². The Labute approximate surface area is 128 Å². The number of aryl methyl sites for hydroxylation is 1. The highest BCUT2D eigenvalue weighted by Crippen LogP contribution is 2.12. The molecule has 2 aromatic heterocycles. The van der Waals surface area contributed by atoms with E-state index >= 15 is 0 Å². The number of ether oxygens (including phenoxy) is 1. The van der Waals surface area contributed by atoms with Crippen molar-refractivity contribution in [3.05, 3.63) is 66.0 Å². The fourth-order valence-electron chi connectivity index (χ4n) is 1.88. The highest BCUT2D eigenvalue weighted by molar-refractivity contribution is 5.27. The summed E-state index contributed by atoms with van der Waals surface area (Å²) in [6.45, 7) is 2.75. The maximum atomic E-state index is 5.66. The molecular formula is C16H16N4O2. The Kier molecular flexibility index (Phi) is 4.29. The average molecular weight is 296 g/mol. The number of aromatic nitrogens is 3. The number of benzene rings is 1. The Balaban J connectivity index is 1.57. The molecule has 0 radical (unpaired) electrons. The van der Waals surface area contributed by atoms with Gasteiger partial charge < -0.3 is 14.5 Å². The standard InChI is InChI=1S/C16H16N4O2/c1-12-9-18-15(22-12)10-19-16-17-8-7-14(20-16)21-11-13-5-3-2-4-6-13/h2-9H,10-11H2,1H3,(H,17,19,20). The van der Waals surface area contributed by atoms with Crippen LogP contribution in [0.15, 0.2) is 53.2 Å². The zero-order valence-electron chi connectivity index (χ0n) is 12.2. The molecule has 22 heavy (non-hydrogen) atoms. The third kappa shape index (κ3) is 3.82. The van der Waals surface area contributed by atoms with Crippen LogP contribution in [0.3, 0.4) is 0 Å². The van der Waals surface area contributed by atoms with Gasteiger partial charge in [-0.15, -0.1) is 0 Å². The first-order chi connectivity index (χ1) is 10.8. The van der Waals surface area contributed by atoms with Gasteiger partial charge in [-0.1, -0.05) is 30.3 Å². The van der Waals surface area contributed by atoms with E-state index in [0.717, 1.165) is 11.3 Å². The minimum Gasteiger partial charge on any atom is -0.473 e. The van der Waals surface area contributed by atoms with Gasteiger partial charge in [0.1, 0.15) is 12.4 Å². The molecule has 0 aliphatic carbocycles. The lowest BCUT2D eigenvalue weighted by molar-refractivity contribution is 0.293. The van der Waals surface area contributed by atoms with Crippen LogP contribution >= 0.6 is 0 Å². The van der Waals surface area contributed by atoms with Crippen LogP contribution in [-0.2, 0) is 13.2 Å². The van der Waals surface area contributed by atoms with E-state index in [9.17, 15) is 0 Å². The fraction of sp³-hybridized carbons (Fsp3) is 0.188. The van der Waals surface area contributed by atoms with Crippen molar-refractivity contribution in [1.82, 2.24) is 15.0 Å². The molecule has 0 unspecified atom stereocenters. The third-order valence-electron chi connectivity index (χ3n) is 2.93. The van der Waals surface area contributed by atoms with Gasteiger partial charge in [-0.25, -0.2) is 9.97 Å². The number of oxazole rings is 1. The van der Waals surface area contributed by atoms with Crippen molar-refractivity contribution in [3.63, 3.8) is 0 Å². The van der Waals surface area contributed by atoms with Gasteiger partial charge in [0.15, 0.2) is 0 Å². The highest BCUT2D eigenvalue weighted by atomic mass is 16.5. The molecule has 6 heteroatoms. The summed E-state index contributed by atoms with van der Waals surface area (Å²) in [5.41, 5.74) is 1.09. The lowest BCUT2D eigenvalue weighted by Crippen LogP contribution is -2.05. The molecule has 6 nitrogen and oxygen atoms in total. The smallest absolute Gasteiger partial charge is 0.226 e. The van der Waals surface area contributed by atoms with Gasteiger partial charge in [0, 0.05) is 12.3 Å². The van der Waals surface area contributed by atoms with Gasteiger partial charge in [0.2, 0.25) is 17.7 Å². The SMILES string of the molecule is Cc1cnc(CNc2nccc(OCc3ccccc3)n2)o1. The molecule has 0 bridgehead atoms. The normalized spacial score (nSPS) is 10.4. The van der Waals surface area contributed by atoms with E-state index < -0.39 is 0 Å². The molecule has 112 valence electrons. The number of rotatable bonds is 6. The van der Waals surface area contributed by atoms with Gasteiger partial charge in [0.05, 0.1) is 12.7 Å². The molecule has 0 spiro atoms. The Bertz CT molecular complexity index is 728. The van der Waals surface area contributed by atoms with Crippen molar-refractivity contribution in [3.8, 4) is 5.88 Å². The van der Waals surface area contributed by atoms with E-state index in [2.05, 4.69) is 20.3 Å². The lowest BCUT2D eigenvalue weighted by Gasteiger charge is -2.07. The average Bonchev–Trinajstić information content (AvgIpc) is 2.98. The Morgan fingerprint density at radius 2 is 2.00 bits per heavy atom. The highest BCUT2D eigenvalue weighted by Gasteiger charge is 2.04. The van der Waals surface area contributed by atoms with E-state index in [1.165, 1.54) is 0 Å². The first-order valence-electron chi connectivity index (χ1n) is 6.94. The van der Waals surface area contributed by atoms with Crippen molar-refractivity contribution in [2.24, 2.45) is 0 Å². The molecule has 1 aromatic carbocycles. The first kappa shape index (κ1) is 14.1. The number of nitrogens with zero attached hydrogens (tertiary/aromatic N) is 3. The van der Waals surface area contributed by atoms with Crippen LogP contribution in [0.1, 0.15) is 17.2 Å². The lowest BCUT2D eigenvalue weighted by atomic mass is 10.2. The van der Waals surface area contributed by atoms with E-state index in [4.69, 9.17) is 9.15 Å². The van der Waals surface area contributed by atoms with Crippen molar-refractivity contribution in [1.29, 1.82) is 0 Å². The maximum Gasteiger partial charge on any atom is 0.226 e. The monoisotopic (exact) mass is 296 g/mol. The summed E-state index contributed by atoms with van der Waals surface area (Å²) in [7, 11) is 0. The largest absolute Gasteiger partial charge is 0.473 e. The minimum atomic E-state index is 0.427. The summed E-state index contributed by atoms with van der Waals surface area (Å²) >= 11 is 0. The third-order valence-corrected chi connectivity index (χ3v) is 2.93. The van der Waals surface area contributed by atoms with Crippen LogP contribution in [0.5, 0.6) is 5.88 Å². The van der Waals surface area contributed by atoms with Crippen LogP contribution in [0, 0.1) is 6.92 Å². The molecule has 0 amide bonds. The fourth-order valence-corrected chi connectivity index (χ4v) is 1.88. The van der Waals surface area contributed by atoms with Gasteiger partial charge in [-0.05, 0) is 12.5 Å². The Morgan fingerprint density at radius 1 is 1.14 bits per heavy atom. The van der Waals surface area contributed by atoms with Crippen molar-refractivity contribution >= 4 is 5.95 Å². The number of hydrogen-bond acceptors (Lipinski definition) is 6. The topological polar surface area (TPSA) is 73.1 Å². The second-order valence-electron chi connectivity index (χ2n) is 4.71. The molecule has 0 saturated carbocycles. The van der Waals surface area contributed by atoms with Crippen LogP contribution in [0.2, 0.25) is 0 Å². The summed E-state index contributed by atoms with van der Waals surface area (Å²) in [6, 6.07) is 11.7. The van der Waals surface area contributed by atoms with E-state index in [1.54, 1.807) is 18.5 Å². The van der Waals surface area contributed by atoms with E-state index in [0.29, 0.717) is 30.9 Å². The van der Waals surface area contributed by atoms with Crippen LogP contribution < -0.4 is 10.1 Å². The zero-order valence-corrected chi connectivity index (χ0v) is 12.2. The van der Waals surface area contributed by atoms with Gasteiger partial charge in [-0.2, -0.15) is 4.98 Å². The predicted molar refractivity (Wildman–Crippen MR) is 81.4 cm³/mol. The maximum absolute atomic E-state index is 5.66. The Morgan fingerprint density at radius 3 is 2.77 bits per heavy atom. The number of hydrogen-bond donors (Lipinski definition) is 1. The summed E-state index contributed by atoms with van der Waals surface area (Å²) in [6.07, 6.45) is 3.33. The molecule has 1 N–H and O–H groups in total. The van der Waals surface area contributed by atoms with E-state index in [1.807, 2.05) is 37.3 Å². The quantitative estimate of drug-likeness (QED) is 0.754. The molecule has 3 rings (SSSR count). The molecule has 0 aliphatic heterocycles. The van der Waals surface area contributed by atoms with Crippen LogP contribution in [0.25, 0.3) is 0 Å². The second kappa shape index (κ2) is 6.71. The van der Waals surface area contributed by atoms with E-state index in [-0.39, 0.29) is 0 Å². The summed E-state index contributed by atoms with van der Waals surface area (Å²) < 4.78 is 11.0. The molecule has 2 heterocycles. The zero-order chi connectivity index (χ0) is 15.2. The summed E-state index contributed by atoms with van der Waals surface area (Å²) in [4.78, 5) is 12.6. The summed E-state index contributed by atoms with van der Waals surface area (Å²) in [5.74, 6) is 2.36. The molecule has 0 saturated heterocycles.